The maximum atomic E-state index is 8.50. The van der Waals surface area contributed by atoms with Crippen LogP contribution in [-0.4, -0.2) is 6.34 Å². The van der Waals surface area contributed by atoms with Crippen molar-refractivity contribution in [3.8, 4) is 6.19 Å². The molecule has 0 aliphatic carbocycles. The Kier molecular flexibility index (Phi) is 2.24. The van der Waals surface area contributed by atoms with Crippen molar-refractivity contribution in [1.82, 2.24) is 0 Å². The summed E-state index contributed by atoms with van der Waals surface area (Å²) in [6.07, 6.45) is 2.84. The molecule has 0 amide bonds. The van der Waals surface area contributed by atoms with Gasteiger partial charge in [0.1, 0.15) is 6.34 Å². The van der Waals surface area contributed by atoms with Crippen LogP contribution in [-0.2, 0) is 0 Å². The van der Waals surface area contributed by atoms with Crippen molar-refractivity contribution < 1.29 is 0 Å². The summed E-state index contributed by atoms with van der Waals surface area (Å²) in [4.78, 5) is 1.18. The van der Waals surface area contributed by atoms with Crippen LogP contribution in [0.2, 0.25) is 0 Å². The molecule has 1 rings (SSSR count). The first-order valence-electron chi connectivity index (χ1n) is 3.13. The first-order chi connectivity index (χ1) is 5.38. The second kappa shape index (κ2) is 3.37. The molecule has 3 heteroatoms. The first kappa shape index (κ1) is 7.29. The van der Waals surface area contributed by atoms with Crippen molar-refractivity contribution in [3.05, 3.63) is 30.3 Å². The van der Waals surface area contributed by atoms with E-state index in [1.165, 1.54) is 4.90 Å². The average Bonchev–Trinajstić information content (AvgIpc) is 2.09. The van der Waals surface area contributed by atoms with Gasteiger partial charge in [-0.25, -0.2) is 4.90 Å². The van der Waals surface area contributed by atoms with E-state index in [2.05, 4.69) is 0 Å². The number of nitriles is 1. The summed E-state index contributed by atoms with van der Waals surface area (Å²) in [5.41, 5.74) is 0.713. The maximum absolute atomic E-state index is 8.50. The highest BCUT2D eigenvalue weighted by Crippen LogP contribution is 2.09. The Morgan fingerprint density at radius 3 is 2.45 bits per heavy atom. The normalized spacial score (nSPS) is 8.27. The zero-order valence-electron chi connectivity index (χ0n) is 5.86. The van der Waals surface area contributed by atoms with E-state index in [0.717, 1.165) is 6.34 Å². The highest BCUT2D eigenvalue weighted by atomic mass is 15.1. The van der Waals surface area contributed by atoms with Gasteiger partial charge in [-0.05, 0) is 12.1 Å². The monoisotopic (exact) mass is 145 g/mol. The van der Waals surface area contributed by atoms with Crippen LogP contribution in [0.5, 0.6) is 0 Å². The summed E-state index contributed by atoms with van der Waals surface area (Å²) < 4.78 is 0. The van der Waals surface area contributed by atoms with Gasteiger partial charge in [0.2, 0.25) is 0 Å². The predicted octanol–water partition coefficient (Wildman–Crippen LogP) is 1.58. The van der Waals surface area contributed by atoms with Crippen molar-refractivity contribution in [3.63, 3.8) is 0 Å². The number of hydrogen-bond acceptors (Lipinski definition) is 2. The Balaban J connectivity index is 2.93. The van der Waals surface area contributed by atoms with Gasteiger partial charge in [0.15, 0.2) is 6.19 Å². The van der Waals surface area contributed by atoms with E-state index in [0.29, 0.717) is 5.69 Å². The van der Waals surface area contributed by atoms with Gasteiger partial charge in [-0.3, -0.25) is 5.41 Å². The SMILES string of the molecule is N#CN(C=N)c1ccccc1. The van der Waals surface area contributed by atoms with Crippen molar-refractivity contribution in [1.29, 1.82) is 10.7 Å². The molecule has 0 saturated heterocycles. The van der Waals surface area contributed by atoms with Gasteiger partial charge < -0.3 is 0 Å². The lowest BCUT2D eigenvalue weighted by atomic mass is 10.3. The standard InChI is InChI=1S/C8H7N3/c9-6-11(7-10)8-4-2-1-3-5-8/h1-6,9H. The van der Waals surface area contributed by atoms with E-state index in [1.807, 2.05) is 24.4 Å². The fourth-order valence-electron chi connectivity index (χ4n) is 0.750. The zero-order valence-corrected chi connectivity index (χ0v) is 5.86. The third kappa shape index (κ3) is 1.55. The highest BCUT2D eigenvalue weighted by Gasteiger charge is 1.97. The summed E-state index contributed by atoms with van der Waals surface area (Å²) in [7, 11) is 0. The largest absolute Gasteiger partial charge is 0.290 e. The minimum atomic E-state index is 0.713. The molecule has 0 saturated carbocycles. The Morgan fingerprint density at radius 1 is 1.36 bits per heavy atom. The molecule has 0 unspecified atom stereocenters. The summed E-state index contributed by atoms with van der Waals surface area (Å²) in [6, 6.07) is 9.05. The molecule has 0 atom stereocenters. The molecule has 0 bridgehead atoms. The van der Waals surface area contributed by atoms with Crippen molar-refractivity contribution >= 4 is 12.0 Å². The number of benzene rings is 1. The molecule has 0 spiro atoms. The van der Waals surface area contributed by atoms with Crippen molar-refractivity contribution in [2.45, 2.75) is 0 Å². The molecule has 1 aromatic carbocycles. The van der Waals surface area contributed by atoms with E-state index in [4.69, 9.17) is 10.7 Å². The van der Waals surface area contributed by atoms with Gasteiger partial charge in [-0.1, -0.05) is 18.2 Å². The van der Waals surface area contributed by atoms with E-state index < -0.39 is 0 Å². The molecule has 11 heavy (non-hydrogen) atoms. The van der Waals surface area contributed by atoms with E-state index in [1.54, 1.807) is 12.1 Å². The molecule has 0 aliphatic heterocycles. The quantitative estimate of drug-likeness (QED) is 0.297. The molecule has 1 aromatic rings. The van der Waals surface area contributed by atoms with Gasteiger partial charge in [0.05, 0.1) is 5.69 Å². The summed E-state index contributed by atoms with van der Waals surface area (Å²) in [5.74, 6) is 0. The van der Waals surface area contributed by atoms with Crippen LogP contribution < -0.4 is 4.90 Å². The Bertz CT molecular complexity index is 273. The fourth-order valence-corrected chi connectivity index (χ4v) is 0.750. The molecule has 0 aromatic heterocycles. The molecule has 0 fully saturated rings. The fraction of sp³-hybridized carbons (Fsp3) is 0. The highest BCUT2D eigenvalue weighted by molar-refractivity contribution is 5.80. The second-order valence-electron chi connectivity index (χ2n) is 1.93. The van der Waals surface area contributed by atoms with Crippen LogP contribution in [0, 0.1) is 16.9 Å². The Morgan fingerprint density at radius 2 is 2.00 bits per heavy atom. The predicted molar refractivity (Wildman–Crippen MR) is 43.3 cm³/mol. The lowest BCUT2D eigenvalue weighted by molar-refractivity contribution is 1.32. The second-order valence-corrected chi connectivity index (χ2v) is 1.93. The summed E-state index contributed by atoms with van der Waals surface area (Å²) >= 11 is 0. The Hall–Kier alpha value is -1.82. The first-order valence-corrected chi connectivity index (χ1v) is 3.13. The summed E-state index contributed by atoms with van der Waals surface area (Å²) in [5, 5.41) is 15.4. The topological polar surface area (TPSA) is 50.9 Å². The number of nitrogens with zero attached hydrogens (tertiary/aromatic N) is 2. The number of rotatable bonds is 2. The number of para-hydroxylation sites is 1. The van der Waals surface area contributed by atoms with Crippen LogP contribution >= 0.6 is 0 Å². The van der Waals surface area contributed by atoms with Gasteiger partial charge in [0.25, 0.3) is 0 Å². The van der Waals surface area contributed by atoms with Crippen molar-refractivity contribution in [2.24, 2.45) is 0 Å². The minimum Gasteiger partial charge on any atom is -0.290 e. The van der Waals surface area contributed by atoms with E-state index in [-0.39, 0.29) is 0 Å². The number of nitrogens with one attached hydrogen (secondary N) is 1. The van der Waals surface area contributed by atoms with Gasteiger partial charge in [0, 0.05) is 0 Å². The molecular formula is C8H7N3. The molecule has 0 radical (unpaired) electrons. The third-order valence-electron chi connectivity index (χ3n) is 1.27. The molecular weight excluding hydrogens is 138 g/mol. The molecule has 54 valence electrons. The van der Waals surface area contributed by atoms with Gasteiger partial charge >= 0.3 is 0 Å². The van der Waals surface area contributed by atoms with Crippen LogP contribution in [0.25, 0.3) is 0 Å². The lowest BCUT2D eigenvalue weighted by Gasteiger charge is -2.06. The number of anilines is 1. The lowest BCUT2D eigenvalue weighted by Crippen LogP contribution is -2.11. The number of hydrogen-bond donors (Lipinski definition) is 1. The van der Waals surface area contributed by atoms with Crippen LogP contribution in [0.4, 0.5) is 5.69 Å². The summed E-state index contributed by atoms with van der Waals surface area (Å²) in [6.45, 7) is 0. The van der Waals surface area contributed by atoms with Gasteiger partial charge in [-0.15, -0.1) is 0 Å². The molecule has 0 heterocycles. The molecule has 0 aliphatic rings. The molecule has 1 N–H and O–H groups in total. The maximum Gasteiger partial charge on any atom is 0.190 e. The smallest absolute Gasteiger partial charge is 0.190 e. The molecule has 3 nitrogen and oxygen atoms in total. The van der Waals surface area contributed by atoms with Crippen LogP contribution in [0.3, 0.4) is 0 Å². The van der Waals surface area contributed by atoms with E-state index >= 15 is 0 Å². The van der Waals surface area contributed by atoms with Crippen molar-refractivity contribution in [2.75, 3.05) is 4.90 Å². The van der Waals surface area contributed by atoms with Gasteiger partial charge in [-0.2, -0.15) is 5.26 Å². The zero-order chi connectivity index (χ0) is 8.10. The van der Waals surface area contributed by atoms with Crippen LogP contribution in [0.1, 0.15) is 0 Å². The Labute approximate surface area is 65.0 Å². The third-order valence-corrected chi connectivity index (χ3v) is 1.27. The van der Waals surface area contributed by atoms with Crippen LogP contribution in [0.15, 0.2) is 30.3 Å². The van der Waals surface area contributed by atoms with E-state index in [9.17, 15) is 0 Å². The minimum absolute atomic E-state index is 0.713. The average molecular weight is 145 g/mol.